The van der Waals surface area contributed by atoms with Crippen molar-refractivity contribution >= 4 is 42.9 Å². The predicted molar refractivity (Wildman–Crippen MR) is 69.4 cm³/mol. The first-order chi connectivity index (χ1) is 6.17. The molecule has 13 heavy (non-hydrogen) atoms. The molecule has 0 bridgehead atoms. The van der Waals surface area contributed by atoms with Crippen LogP contribution in [0.25, 0.3) is 0 Å². The molecule has 0 heterocycles. The summed E-state index contributed by atoms with van der Waals surface area (Å²) in [5.74, 6) is 0. The minimum absolute atomic E-state index is 1.28. The molecule has 1 aromatic rings. The summed E-state index contributed by atoms with van der Waals surface area (Å²) in [4.78, 5) is 0. The Morgan fingerprint density at radius 2 is 1.77 bits per heavy atom. The topological polar surface area (TPSA) is 0 Å². The molecular formula is C10H14Br2Te. The SMILES string of the molecule is CCCC[Te](Br)(Br)c1ccccc1. The molecule has 0 aromatic heterocycles. The van der Waals surface area contributed by atoms with Crippen molar-refractivity contribution in [3.8, 4) is 0 Å². The number of rotatable bonds is 4. The zero-order chi connectivity index (χ0) is 9.73. The van der Waals surface area contributed by atoms with Crippen LogP contribution in [0.1, 0.15) is 19.8 Å². The third-order valence-corrected chi connectivity index (χ3v) is 16.2. The second-order valence-electron chi connectivity index (χ2n) is 2.95. The van der Waals surface area contributed by atoms with Crippen LogP contribution in [0.2, 0.25) is 4.47 Å². The summed E-state index contributed by atoms with van der Waals surface area (Å²) >= 11 is 5.79. The normalized spacial score (nSPS) is 12.8. The van der Waals surface area contributed by atoms with Gasteiger partial charge in [-0.3, -0.25) is 0 Å². The number of benzene rings is 1. The van der Waals surface area contributed by atoms with E-state index in [-0.39, 0.29) is 0 Å². The summed E-state index contributed by atoms with van der Waals surface area (Å²) in [6.07, 6.45) is 2.59. The average Bonchev–Trinajstić information content (AvgIpc) is 2.16. The van der Waals surface area contributed by atoms with E-state index >= 15 is 0 Å². The van der Waals surface area contributed by atoms with Crippen molar-refractivity contribution in [1.82, 2.24) is 0 Å². The monoisotopic (exact) mass is 422 g/mol. The van der Waals surface area contributed by atoms with Crippen LogP contribution in [0, 0.1) is 0 Å². The van der Waals surface area contributed by atoms with Crippen LogP contribution < -0.4 is 3.61 Å². The van der Waals surface area contributed by atoms with E-state index in [0.717, 1.165) is 0 Å². The molecule has 0 N–H and O–H groups in total. The van der Waals surface area contributed by atoms with Crippen molar-refractivity contribution < 1.29 is 0 Å². The molecule has 0 fully saturated rings. The van der Waals surface area contributed by atoms with Crippen LogP contribution in [0.4, 0.5) is 0 Å². The van der Waals surface area contributed by atoms with Gasteiger partial charge in [-0.2, -0.15) is 0 Å². The number of unbranched alkanes of at least 4 members (excludes halogenated alkanes) is 1. The molecule has 0 atom stereocenters. The average molecular weight is 422 g/mol. The molecule has 1 rings (SSSR count). The van der Waals surface area contributed by atoms with Crippen molar-refractivity contribution in [1.29, 1.82) is 0 Å². The van der Waals surface area contributed by atoms with E-state index < -0.39 is 13.8 Å². The maximum absolute atomic E-state index is 3.90. The zero-order valence-corrected chi connectivity index (χ0v) is 13.2. The van der Waals surface area contributed by atoms with Gasteiger partial charge >= 0.3 is 97.5 Å². The summed E-state index contributed by atoms with van der Waals surface area (Å²) in [5.41, 5.74) is 0. The van der Waals surface area contributed by atoms with Crippen LogP contribution in [0.5, 0.6) is 0 Å². The van der Waals surface area contributed by atoms with Crippen LogP contribution in [0.15, 0.2) is 30.3 Å². The van der Waals surface area contributed by atoms with Gasteiger partial charge in [0.25, 0.3) is 0 Å². The van der Waals surface area contributed by atoms with Crippen LogP contribution in [-0.2, 0) is 0 Å². The third kappa shape index (κ3) is 3.91. The summed E-state index contributed by atoms with van der Waals surface area (Å²) in [5, 5.41) is 0. The number of halogens is 2. The third-order valence-electron chi connectivity index (χ3n) is 1.84. The minimum atomic E-state index is -2.01. The standard InChI is InChI=1S/C10H14Br2Te/c1-2-3-9-13(11,12)10-7-5-4-6-8-10/h4-8H,2-3,9H2,1H3. The van der Waals surface area contributed by atoms with E-state index in [0.29, 0.717) is 0 Å². The Hall–Kier alpha value is 0.970. The van der Waals surface area contributed by atoms with Gasteiger partial charge in [-0.25, -0.2) is 0 Å². The van der Waals surface area contributed by atoms with Gasteiger partial charge in [0.2, 0.25) is 0 Å². The Balaban J connectivity index is 2.69. The first-order valence-corrected chi connectivity index (χ1v) is 17.7. The van der Waals surface area contributed by atoms with E-state index in [2.05, 4.69) is 62.8 Å². The van der Waals surface area contributed by atoms with Gasteiger partial charge in [0.15, 0.2) is 0 Å². The molecule has 0 unspecified atom stereocenters. The Bertz CT molecular complexity index is 246. The first-order valence-electron chi connectivity index (χ1n) is 4.42. The molecule has 3 heteroatoms. The van der Waals surface area contributed by atoms with Crippen molar-refractivity contribution in [2.75, 3.05) is 0 Å². The molecule has 0 aliphatic heterocycles. The predicted octanol–water partition coefficient (Wildman–Crippen LogP) is 3.93. The fourth-order valence-electron chi connectivity index (χ4n) is 1.06. The van der Waals surface area contributed by atoms with E-state index in [9.17, 15) is 0 Å². The molecular weight excluding hydrogens is 408 g/mol. The van der Waals surface area contributed by atoms with Crippen LogP contribution in [-0.4, -0.2) is 13.8 Å². The molecule has 0 amide bonds. The van der Waals surface area contributed by atoms with E-state index in [4.69, 9.17) is 0 Å². The number of hydrogen-bond acceptors (Lipinski definition) is 0. The second kappa shape index (κ2) is 5.75. The quantitative estimate of drug-likeness (QED) is 0.647. The molecule has 1 aromatic carbocycles. The van der Waals surface area contributed by atoms with Crippen molar-refractivity contribution in [2.24, 2.45) is 0 Å². The molecule has 0 radical (unpaired) electrons. The fraction of sp³-hybridized carbons (Fsp3) is 0.400. The zero-order valence-electron chi connectivity index (χ0n) is 7.67. The Morgan fingerprint density at radius 1 is 1.15 bits per heavy atom. The van der Waals surface area contributed by atoms with Crippen molar-refractivity contribution in [3.05, 3.63) is 30.3 Å². The molecule has 0 spiro atoms. The maximum atomic E-state index is 3.90. The molecule has 74 valence electrons. The van der Waals surface area contributed by atoms with Crippen molar-refractivity contribution in [3.63, 3.8) is 0 Å². The fourth-order valence-corrected chi connectivity index (χ4v) is 11.1. The Kier molecular flexibility index (Phi) is 5.33. The Labute approximate surface area is 96.5 Å². The summed E-state index contributed by atoms with van der Waals surface area (Å²) in [7, 11) is 0. The second-order valence-corrected chi connectivity index (χ2v) is 29.4. The van der Waals surface area contributed by atoms with E-state index in [1.54, 1.807) is 0 Å². The molecule has 0 nitrogen and oxygen atoms in total. The van der Waals surface area contributed by atoms with Crippen LogP contribution in [0.3, 0.4) is 0 Å². The molecule has 0 saturated heterocycles. The first kappa shape index (κ1) is 12.0. The van der Waals surface area contributed by atoms with E-state index in [1.807, 2.05) is 0 Å². The molecule has 0 aliphatic rings. The van der Waals surface area contributed by atoms with Gasteiger partial charge in [0, 0.05) is 0 Å². The van der Waals surface area contributed by atoms with Gasteiger partial charge in [-0.05, 0) is 0 Å². The van der Waals surface area contributed by atoms with Gasteiger partial charge < -0.3 is 0 Å². The molecule has 0 aliphatic carbocycles. The van der Waals surface area contributed by atoms with Gasteiger partial charge in [-0.1, -0.05) is 0 Å². The van der Waals surface area contributed by atoms with Crippen molar-refractivity contribution in [2.45, 2.75) is 24.2 Å². The summed E-state index contributed by atoms with van der Waals surface area (Å²) in [6.45, 7) is 2.24. The van der Waals surface area contributed by atoms with Gasteiger partial charge in [0.05, 0.1) is 0 Å². The molecule has 0 saturated carbocycles. The van der Waals surface area contributed by atoms with Gasteiger partial charge in [-0.15, -0.1) is 0 Å². The number of hydrogen-bond donors (Lipinski definition) is 0. The van der Waals surface area contributed by atoms with Crippen LogP contribution >= 0.6 is 25.5 Å². The summed E-state index contributed by atoms with van der Waals surface area (Å²) in [6, 6.07) is 10.7. The van der Waals surface area contributed by atoms with E-state index in [1.165, 1.54) is 20.9 Å². The Morgan fingerprint density at radius 3 is 2.31 bits per heavy atom. The summed E-state index contributed by atoms with van der Waals surface area (Å²) < 4.78 is 2.79. The van der Waals surface area contributed by atoms with Gasteiger partial charge in [0.1, 0.15) is 0 Å².